The Bertz CT molecular complexity index is 553. The zero-order valence-corrected chi connectivity index (χ0v) is 17.9. The number of piperazine rings is 1. The van der Waals surface area contributed by atoms with E-state index in [1.54, 1.807) is 11.3 Å². The highest BCUT2D eigenvalue weighted by Gasteiger charge is 2.29. The fourth-order valence-corrected chi connectivity index (χ4v) is 3.63. The van der Waals surface area contributed by atoms with E-state index in [2.05, 4.69) is 49.9 Å². The van der Waals surface area contributed by atoms with Crippen LogP contribution in [0.25, 0.3) is 0 Å². The molecule has 8 heteroatoms. The van der Waals surface area contributed by atoms with Gasteiger partial charge in [0.2, 0.25) is 5.91 Å². The Morgan fingerprint density at radius 2 is 2.04 bits per heavy atom. The van der Waals surface area contributed by atoms with Gasteiger partial charge in [-0.1, -0.05) is 0 Å². The SMILES string of the molecule is CCNC(=NCCNC(=O)C1CC1)N1CCN(c2cccs2)CC1.I. The predicted molar refractivity (Wildman–Crippen MR) is 115 cm³/mol. The van der Waals surface area contributed by atoms with Crippen LogP contribution in [-0.4, -0.2) is 62.6 Å². The zero-order valence-electron chi connectivity index (χ0n) is 14.7. The molecule has 1 aliphatic carbocycles. The third-order valence-corrected chi connectivity index (χ3v) is 5.28. The van der Waals surface area contributed by atoms with Crippen LogP contribution >= 0.6 is 35.3 Å². The number of nitrogens with one attached hydrogen (secondary N) is 2. The molecule has 2 N–H and O–H groups in total. The van der Waals surface area contributed by atoms with Crippen molar-refractivity contribution in [2.45, 2.75) is 19.8 Å². The van der Waals surface area contributed by atoms with Crippen LogP contribution in [0.2, 0.25) is 0 Å². The molecule has 2 fully saturated rings. The van der Waals surface area contributed by atoms with E-state index in [1.807, 2.05) is 0 Å². The van der Waals surface area contributed by atoms with Gasteiger partial charge in [-0.3, -0.25) is 9.79 Å². The van der Waals surface area contributed by atoms with Gasteiger partial charge in [0.25, 0.3) is 0 Å². The van der Waals surface area contributed by atoms with E-state index in [9.17, 15) is 4.79 Å². The smallest absolute Gasteiger partial charge is 0.223 e. The third-order valence-electron chi connectivity index (χ3n) is 4.35. The molecule has 0 aromatic carbocycles. The molecule has 0 radical (unpaired) electrons. The molecule has 2 heterocycles. The van der Waals surface area contributed by atoms with Crippen molar-refractivity contribution in [3.63, 3.8) is 0 Å². The van der Waals surface area contributed by atoms with Gasteiger partial charge in [-0.05, 0) is 37.3 Å². The van der Waals surface area contributed by atoms with Gasteiger partial charge in [0.05, 0.1) is 11.5 Å². The van der Waals surface area contributed by atoms with Gasteiger partial charge in [-0.25, -0.2) is 0 Å². The van der Waals surface area contributed by atoms with E-state index < -0.39 is 0 Å². The van der Waals surface area contributed by atoms with Gasteiger partial charge in [0.15, 0.2) is 5.96 Å². The third kappa shape index (κ3) is 6.02. The lowest BCUT2D eigenvalue weighted by atomic mass is 10.3. The van der Waals surface area contributed by atoms with E-state index in [0.29, 0.717) is 13.1 Å². The Kier molecular flexibility index (Phi) is 8.28. The molecular formula is C17H28IN5OS. The zero-order chi connectivity index (χ0) is 16.8. The Morgan fingerprint density at radius 3 is 2.64 bits per heavy atom. The number of hydrogen-bond donors (Lipinski definition) is 2. The number of anilines is 1. The molecule has 1 aliphatic heterocycles. The first-order valence-electron chi connectivity index (χ1n) is 8.87. The average molecular weight is 477 g/mol. The van der Waals surface area contributed by atoms with Gasteiger partial charge in [-0.15, -0.1) is 35.3 Å². The molecule has 1 saturated heterocycles. The molecular weight excluding hydrogens is 449 g/mol. The van der Waals surface area contributed by atoms with Gasteiger partial charge in [-0.2, -0.15) is 0 Å². The molecule has 1 saturated carbocycles. The highest BCUT2D eigenvalue weighted by atomic mass is 127. The average Bonchev–Trinajstić information content (AvgIpc) is 3.32. The van der Waals surface area contributed by atoms with Crippen LogP contribution in [0, 0.1) is 5.92 Å². The first-order valence-corrected chi connectivity index (χ1v) is 9.75. The molecule has 140 valence electrons. The molecule has 1 aromatic rings. The lowest BCUT2D eigenvalue weighted by Crippen LogP contribution is -2.52. The summed E-state index contributed by atoms with van der Waals surface area (Å²) in [5.74, 6) is 1.43. The van der Waals surface area contributed by atoms with Crippen molar-refractivity contribution in [3.05, 3.63) is 17.5 Å². The number of nitrogens with zero attached hydrogens (tertiary/aromatic N) is 3. The molecule has 1 aromatic heterocycles. The second-order valence-corrected chi connectivity index (χ2v) is 7.15. The first kappa shape index (κ1) is 20.3. The molecule has 6 nitrogen and oxygen atoms in total. The van der Waals surface area contributed by atoms with Gasteiger partial charge < -0.3 is 20.4 Å². The number of amides is 1. The fraction of sp³-hybridized carbons (Fsp3) is 0.647. The summed E-state index contributed by atoms with van der Waals surface area (Å²) in [4.78, 5) is 21.1. The summed E-state index contributed by atoms with van der Waals surface area (Å²) in [7, 11) is 0. The lowest BCUT2D eigenvalue weighted by molar-refractivity contribution is -0.122. The molecule has 25 heavy (non-hydrogen) atoms. The first-order chi connectivity index (χ1) is 11.8. The van der Waals surface area contributed by atoms with E-state index in [-0.39, 0.29) is 35.8 Å². The number of hydrogen-bond acceptors (Lipinski definition) is 4. The Labute approximate surface area is 171 Å². The summed E-state index contributed by atoms with van der Waals surface area (Å²) < 4.78 is 0. The molecule has 0 bridgehead atoms. The number of thiophene rings is 1. The number of halogens is 1. The maximum Gasteiger partial charge on any atom is 0.223 e. The summed E-state index contributed by atoms with van der Waals surface area (Å²) in [6.45, 7) is 8.18. The molecule has 1 amide bonds. The summed E-state index contributed by atoms with van der Waals surface area (Å²) >= 11 is 1.80. The molecule has 0 atom stereocenters. The Morgan fingerprint density at radius 1 is 1.28 bits per heavy atom. The summed E-state index contributed by atoms with van der Waals surface area (Å²) in [6, 6.07) is 4.29. The van der Waals surface area contributed by atoms with Crippen molar-refractivity contribution >= 4 is 52.2 Å². The summed E-state index contributed by atoms with van der Waals surface area (Å²) in [5.41, 5.74) is 0. The summed E-state index contributed by atoms with van der Waals surface area (Å²) in [5, 5.41) is 9.82. The minimum absolute atomic E-state index is 0. The maximum absolute atomic E-state index is 11.6. The van der Waals surface area contributed by atoms with Crippen LogP contribution in [0.4, 0.5) is 5.00 Å². The highest BCUT2D eigenvalue weighted by molar-refractivity contribution is 14.0. The number of rotatable bonds is 6. The van der Waals surface area contributed by atoms with Crippen molar-refractivity contribution in [3.8, 4) is 0 Å². The van der Waals surface area contributed by atoms with Crippen LogP contribution < -0.4 is 15.5 Å². The van der Waals surface area contributed by atoms with Crippen LogP contribution in [0.3, 0.4) is 0 Å². The largest absolute Gasteiger partial charge is 0.360 e. The van der Waals surface area contributed by atoms with Gasteiger partial charge in [0.1, 0.15) is 0 Å². The Balaban J connectivity index is 0.00000225. The second kappa shape index (κ2) is 10.2. The van der Waals surface area contributed by atoms with E-state index in [1.165, 1.54) is 5.00 Å². The van der Waals surface area contributed by atoms with Crippen molar-refractivity contribution in [1.82, 2.24) is 15.5 Å². The van der Waals surface area contributed by atoms with E-state index >= 15 is 0 Å². The number of guanidine groups is 1. The second-order valence-electron chi connectivity index (χ2n) is 6.23. The number of carbonyl (C=O) groups excluding carboxylic acids is 1. The maximum atomic E-state index is 11.6. The minimum atomic E-state index is 0. The van der Waals surface area contributed by atoms with Gasteiger partial charge >= 0.3 is 0 Å². The summed E-state index contributed by atoms with van der Waals surface area (Å²) in [6.07, 6.45) is 2.10. The minimum Gasteiger partial charge on any atom is -0.360 e. The molecule has 0 unspecified atom stereocenters. The fourth-order valence-electron chi connectivity index (χ4n) is 2.85. The lowest BCUT2D eigenvalue weighted by Gasteiger charge is -2.37. The van der Waals surface area contributed by atoms with Crippen molar-refractivity contribution in [2.75, 3.05) is 50.7 Å². The van der Waals surface area contributed by atoms with E-state index in [4.69, 9.17) is 0 Å². The quantitative estimate of drug-likeness (QED) is 0.285. The molecule has 3 rings (SSSR count). The molecule has 0 spiro atoms. The Hall–Kier alpha value is -1.03. The van der Waals surface area contributed by atoms with Crippen LogP contribution in [0.1, 0.15) is 19.8 Å². The van der Waals surface area contributed by atoms with E-state index in [0.717, 1.165) is 51.5 Å². The van der Waals surface area contributed by atoms with Crippen LogP contribution in [0.15, 0.2) is 22.5 Å². The van der Waals surface area contributed by atoms with Crippen LogP contribution in [0.5, 0.6) is 0 Å². The monoisotopic (exact) mass is 477 g/mol. The predicted octanol–water partition coefficient (Wildman–Crippen LogP) is 1.98. The van der Waals surface area contributed by atoms with Crippen molar-refractivity contribution in [2.24, 2.45) is 10.9 Å². The normalized spacial score (nSPS) is 17.9. The standard InChI is InChI=1S/C17H27N5OS.HI/c1-2-18-17(20-8-7-19-16(23)14-5-6-14)22-11-9-21(10-12-22)15-4-3-13-24-15;/h3-4,13-14H,2,5-12H2,1H3,(H,18,20)(H,19,23);1H. The van der Waals surface area contributed by atoms with Crippen molar-refractivity contribution < 1.29 is 4.79 Å². The van der Waals surface area contributed by atoms with Crippen molar-refractivity contribution in [1.29, 1.82) is 0 Å². The van der Waals surface area contributed by atoms with Gasteiger partial charge in [0, 0.05) is 45.2 Å². The van der Waals surface area contributed by atoms with Crippen LogP contribution in [-0.2, 0) is 4.79 Å². The topological polar surface area (TPSA) is 60.0 Å². The number of carbonyl (C=O) groups is 1. The molecule has 2 aliphatic rings. The highest BCUT2D eigenvalue weighted by Crippen LogP contribution is 2.28. The number of aliphatic imine (C=N–C) groups is 1.